The molecular formula is C34H35N3O4. The van der Waals surface area contributed by atoms with Crippen LogP contribution in [0.15, 0.2) is 91.1 Å². The molecule has 1 N–H and O–H groups in total. The highest BCUT2D eigenvalue weighted by atomic mass is 16.7. The van der Waals surface area contributed by atoms with Crippen molar-refractivity contribution in [3.05, 3.63) is 114 Å². The summed E-state index contributed by atoms with van der Waals surface area (Å²) in [6.45, 7) is 3.13. The molecule has 7 heteroatoms. The number of benzene rings is 3. The van der Waals surface area contributed by atoms with Gasteiger partial charge in [0.15, 0.2) is 17.4 Å². The van der Waals surface area contributed by atoms with Crippen LogP contribution >= 0.6 is 0 Å². The second kappa shape index (κ2) is 11.7. The Kier molecular flexibility index (Phi) is 7.72. The molecule has 1 spiro atoms. The second-order valence-corrected chi connectivity index (χ2v) is 10.9. The summed E-state index contributed by atoms with van der Waals surface area (Å²) in [7, 11) is 1.88. The lowest BCUT2D eigenvalue weighted by molar-refractivity contribution is -0.169. The standard InChI is InChI=1S/C34H35N3O4/c1-36-18-2-3-31(36)33(39)24-26-6-12-29(13-7-26)35-28-10-4-25(5-11-28)23-32(38)27-8-14-30(15-9-27)37-19-16-34(17-20-37)40-21-22-41-34/h2-15,18,35H,16-17,19-24H2,1H3. The van der Waals surface area contributed by atoms with Crippen molar-refractivity contribution in [2.45, 2.75) is 31.5 Å². The first-order valence-electron chi connectivity index (χ1n) is 14.2. The van der Waals surface area contributed by atoms with Crippen molar-refractivity contribution < 1.29 is 19.1 Å². The van der Waals surface area contributed by atoms with Crippen molar-refractivity contribution in [1.29, 1.82) is 0 Å². The molecule has 7 nitrogen and oxygen atoms in total. The van der Waals surface area contributed by atoms with Gasteiger partial charge in [-0.2, -0.15) is 0 Å². The van der Waals surface area contributed by atoms with E-state index in [9.17, 15) is 9.59 Å². The van der Waals surface area contributed by atoms with Gasteiger partial charge >= 0.3 is 0 Å². The number of anilines is 3. The van der Waals surface area contributed by atoms with Crippen molar-refractivity contribution in [1.82, 2.24) is 4.57 Å². The number of carbonyl (C=O) groups excluding carboxylic acids is 2. The van der Waals surface area contributed by atoms with Crippen LogP contribution in [0.5, 0.6) is 0 Å². The van der Waals surface area contributed by atoms with Crippen LogP contribution in [0.1, 0.15) is 44.8 Å². The molecule has 3 aromatic carbocycles. The lowest BCUT2D eigenvalue weighted by Gasteiger charge is -2.38. The maximum Gasteiger partial charge on any atom is 0.183 e. The van der Waals surface area contributed by atoms with E-state index in [0.29, 0.717) is 31.7 Å². The van der Waals surface area contributed by atoms with Crippen LogP contribution in [0, 0.1) is 0 Å². The van der Waals surface area contributed by atoms with E-state index in [1.807, 2.05) is 103 Å². The van der Waals surface area contributed by atoms with Gasteiger partial charge in [0, 0.05) is 74.6 Å². The zero-order valence-corrected chi connectivity index (χ0v) is 23.3. The molecule has 0 atom stereocenters. The van der Waals surface area contributed by atoms with Crippen molar-refractivity contribution in [2.75, 3.05) is 36.5 Å². The molecule has 0 aliphatic carbocycles. The van der Waals surface area contributed by atoms with E-state index < -0.39 is 0 Å². The minimum atomic E-state index is -0.383. The second-order valence-electron chi connectivity index (χ2n) is 10.9. The van der Waals surface area contributed by atoms with E-state index in [2.05, 4.69) is 10.2 Å². The molecule has 4 aromatic rings. The molecule has 0 unspecified atom stereocenters. The lowest BCUT2D eigenvalue weighted by Crippen LogP contribution is -2.45. The van der Waals surface area contributed by atoms with E-state index in [1.54, 1.807) is 0 Å². The largest absolute Gasteiger partial charge is 0.371 e. The summed E-state index contributed by atoms with van der Waals surface area (Å²) in [4.78, 5) is 27.8. The third-order valence-corrected chi connectivity index (χ3v) is 8.05. The molecule has 0 bridgehead atoms. The summed E-state index contributed by atoms with van der Waals surface area (Å²) < 4.78 is 13.5. The first kappa shape index (κ1) is 27.0. The molecule has 6 rings (SSSR count). The number of aryl methyl sites for hydroxylation is 1. The topological polar surface area (TPSA) is 72.8 Å². The van der Waals surface area contributed by atoms with Gasteiger partial charge in [0.25, 0.3) is 0 Å². The van der Waals surface area contributed by atoms with Gasteiger partial charge < -0.3 is 24.3 Å². The van der Waals surface area contributed by atoms with Crippen molar-refractivity contribution in [3.63, 3.8) is 0 Å². The zero-order valence-electron chi connectivity index (χ0n) is 23.3. The number of ether oxygens (including phenoxy) is 2. The van der Waals surface area contributed by atoms with Gasteiger partial charge in [0.05, 0.1) is 18.9 Å². The monoisotopic (exact) mass is 549 g/mol. The molecule has 2 aliphatic rings. The van der Waals surface area contributed by atoms with Gasteiger partial charge in [0.1, 0.15) is 0 Å². The molecule has 210 valence electrons. The maximum atomic E-state index is 13.0. The zero-order chi connectivity index (χ0) is 28.2. The first-order chi connectivity index (χ1) is 20.0. The number of Topliss-reactive ketones (excluding diaryl/α,β-unsaturated/α-hetero) is 2. The first-order valence-corrected chi connectivity index (χ1v) is 14.2. The molecule has 0 radical (unpaired) electrons. The highest BCUT2D eigenvalue weighted by Crippen LogP contribution is 2.33. The Balaban J connectivity index is 0.995. The maximum absolute atomic E-state index is 13.0. The number of hydrogen-bond acceptors (Lipinski definition) is 6. The highest BCUT2D eigenvalue weighted by molar-refractivity contribution is 5.98. The van der Waals surface area contributed by atoms with Crippen LogP contribution in [0.3, 0.4) is 0 Å². The molecule has 1 aromatic heterocycles. The van der Waals surface area contributed by atoms with E-state index in [4.69, 9.17) is 9.47 Å². The van der Waals surface area contributed by atoms with Crippen LogP contribution in [-0.4, -0.2) is 48.2 Å². The fourth-order valence-corrected chi connectivity index (χ4v) is 5.64. The number of carbonyl (C=O) groups is 2. The van der Waals surface area contributed by atoms with Gasteiger partial charge in [-0.25, -0.2) is 0 Å². The summed E-state index contributed by atoms with van der Waals surface area (Å²) in [5.74, 6) is -0.181. The lowest BCUT2D eigenvalue weighted by atomic mass is 10.0. The van der Waals surface area contributed by atoms with Crippen LogP contribution < -0.4 is 10.2 Å². The smallest absolute Gasteiger partial charge is 0.183 e. The summed E-state index contributed by atoms with van der Waals surface area (Å²) in [5.41, 5.74) is 6.38. The van der Waals surface area contributed by atoms with Gasteiger partial charge in [-0.1, -0.05) is 24.3 Å². The van der Waals surface area contributed by atoms with Gasteiger partial charge in [-0.3, -0.25) is 9.59 Å². The number of ketones is 2. The highest BCUT2D eigenvalue weighted by Gasteiger charge is 2.39. The molecule has 41 heavy (non-hydrogen) atoms. The molecule has 3 heterocycles. The minimum absolute atomic E-state index is 0.100. The average molecular weight is 550 g/mol. The Morgan fingerprint density at radius 2 is 1.32 bits per heavy atom. The van der Waals surface area contributed by atoms with Gasteiger partial charge in [-0.05, 0) is 71.8 Å². The molecular weight excluding hydrogens is 514 g/mol. The molecule has 2 saturated heterocycles. The van der Waals surface area contributed by atoms with Crippen LogP contribution in [0.25, 0.3) is 0 Å². The predicted molar refractivity (Wildman–Crippen MR) is 160 cm³/mol. The molecule has 0 saturated carbocycles. The predicted octanol–water partition coefficient (Wildman–Crippen LogP) is 5.96. The van der Waals surface area contributed by atoms with Gasteiger partial charge in [0.2, 0.25) is 0 Å². The third-order valence-electron chi connectivity index (χ3n) is 8.05. The van der Waals surface area contributed by atoms with E-state index in [1.165, 1.54) is 0 Å². The fraction of sp³-hybridized carbons (Fsp3) is 0.294. The van der Waals surface area contributed by atoms with Gasteiger partial charge in [-0.15, -0.1) is 0 Å². The minimum Gasteiger partial charge on any atom is -0.371 e. The number of piperidine rings is 1. The summed E-state index contributed by atoms with van der Waals surface area (Å²) >= 11 is 0. The summed E-state index contributed by atoms with van der Waals surface area (Å²) in [6.07, 6.45) is 4.32. The molecule has 2 aliphatic heterocycles. The third kappa shape index (κ3) is 6.26. The van der Waals surface area contributed by atoms with Crippen molar-refractivity contribution in [2.24, 2.45) is 7.05 Å². The van der Waals surface area contributed by atoms with E-state index in [-0.39, 0.29) is 17.4 Å². The quantitative estimate of drug-likeness (QED) is 0.260. The average Bonchev–Trinajstić information content (AvgIpc) is 3.64. The van der Waals surface area contributed by atoms with Crippen molar-refractivity contribution in [3.8, 4) is 0 Å². The Morgan fingerprint density at radius 3 is 1.85 bits per heavy atom. The number of nitrogens with zero attached hydrogens (tertiary/aromatic N) is 2. The SMILES string of the molecule is Cn1cccc1C(=O)Cc1ccc(Nc2ccc(CC(=O)c3ccc(N4CCC5(CC4)OCCO5)cc3)cc2)cc1. The normalized spacial score (nSPS) is 16.2. The number of nitrogens with one attached hydrogen (secondary N) is 1. The van der Waals surface area contributed by atoms with Crippen LogP contribution in [0.4, 0.5) is 17.1 Å². The Hall–Kier alpha value is -4.20. The molecule has 0 amide bonds. The van der Waals surface area contributed by atoms with Crippen LogP contribution in [0.2, 0.25) is 0 Å². The Labute approximate surface area is 240 Å². The Bertz CT molecular complexity index is 1490. The van der Waals surface area contributed by atoms with E-state index in [0.717, 1.165) is 59.7 Å². The van der Waals surface area contributed by atoms with E-state index >= 15 is 0 Å². The number of aromatic nitrogens is 1. The summed E-state index contributed by atoms with van der Waals surface area (Å²) in [5, 5.41) is 3.39. The number of hydrogen-bond donors (Lipinski definition) is 1. The molecule has 2 fully saturated rings. The fourth-order valence-electron chi connectivity index (χ4n) is 5.64. The van der Waals surface area contributed by atoms with Crippen LogP contribution in [-0.2, 0) is 29.4 Å². The van der Waals surface area contributed by atoms with Crippen molar-refractivity contribution >= 4 is 28.6 Å². The number of rotatable bonds is 9. The Morgan fingerprint density at radius 1 is 0.756 bits per heavy atom. The summed E-state index contributed by atoms with van der Waals surface area (Å²) in [6, 6.07) is 27.5.